The molecule has 0 spiro atoms. The van der Waals surface area contributed by atoms with E-state index in [4.69, 9.17) is 9.47 Å². The SMILES string of the molecule is COC(=O)C1=C2C=CN(C)[C@H]2[C@H]2C(=O)N(c3ccccc3)C(=O)[C@H]2C1C(=O)OC. The number of ether oxygens (including phenoxy) is 2. The fourth-order valence-electron chi connectivity index (χ4n) is 4.64. The highest BCUT2D eigenvalue weighted by molar-refractivity contribution is 6.24. The Kier molecular flexibility index (Phi) is 4.49. The van der Waals surface area contributed by atoms with Crippen molar-refractivity contribution in [3.8, 4) is 0 Å². The summed E-state index contributed by atoms with van der Waals surface area (Å²) in [5.41, 5.74) is 1.00. The van der Waals surface area contributed by atoms with E-state index in [9.17, 15) is 19.2 Å². The molecule has 1 fully saturated rings. The average molecular weight is 396 g/mol. The maximum Gasteiger partial charge on any atom is 0.335 e. The summed E-state index contributed by atoms with van der Waals surface area (Å²) in [4.78, 5) is 55.1. The Labute approximate surface area is 167 Å². The zero-order chi connectivity index (χ0) is 20.9. The molecule has 0 radical (unpaired) electrons. The Bertz CT molecular complexity index is 967. The molecule has 2 heterocycles. The molecule has 1 unspecified atom stereocenters. The molecule has 0 bridgehead atoms. The number of benzene rings is 1. The van der Waals surface area contributed by atoms with Gasteiger partial charge in [0.15, 0.2) is 0 Å². The Balaban J connectivity index is 1.92. The van der Waals surface area contributed by atoms with Crippen LogP contribution in [0.3, 0.4) is 0 Å². The van der Waals surface area contributed by atoms with Crippen LogP contribution >= 0.6 is 0 Å². The second-order valence-electron chi connectivity index (χ2n) is 7.19. The van der Waals surface area contributed by atoms with Gasteiger partial charge in [0, 0.05) is 7.05 Å². The fraction of sp³-hybridized carbons (Fsp3) is 0.333. The highest BCUT2D eigenvalue weighted by Crippen LogP contribution is 2.50. The molecule has 1 saturated heterocycles. The molecule has 0 saturated carbocycles. The van der Waals surface area contributed by atoms with Crippen molar-refractivity contribution in [3.05, 3.63) is 53.8 Å². The minimum atomic E-state index is -1.22. The second kappa shape index (κ2) is 6.88. The number of nitrogens with zero attached hydrogens (tertiary/aromatic N) is 2. The largest absolute Gasteiger partial charge is 0.469 e. The first-order valence-corrected chi connectivity index (χ1v) is 9.15. The van der Waals surface area contributed by atoms with E-state index in [2.05, 4.69) is 0 Å². The van der Waals surface area contributed by atoms with Crippen LogP contribution in [-0.2, 0) is 28.7 Å². The van der Waals surface area contributed by atoms with E-state index in [-0.39, 0.29) is 5.57 Å². The summed E-state index contributed by atoms with van der Waals surface area (Å²) in [6, 6.07) is 8.01. The molecule has 8 nitrogen and oxygen atoms in total. The van der Waals surface area contributed by atoms with Crippen LogP contribution in [0.4, 0.5) is 5.69 Å². The molecular weight excluding hydrogens is 376 g/mol. The Morgan fingerprint density at radius 1 is 0.966 bits per heavy atom. The lowest BCUT2D eigenvalue weighted by Gasteiger charge is -2.37. The molecule has 3 aliphatic rings. The minimum Gasteiger partial charge on any atom is -0.469 e. The van der Waals surface area contributed by atoms with Gasteiger partial charge in [-0.05, 0) is 30.0 Å². The molecule has 150 valence electrons. The lowest BCUT2D eigenvalue weighted by molar-refractivity contribution is -0.152. The molecule has 0 N–H and O–H groups in total. The van der Waals surface area contributed by atoms with Crippen LogP contribution in [0.15, 0.2) is 53.8 Å². The number of carbonyl (C=O) groups excluding carboxylic acids is 4. The quantitative estimate of drug-likeness (QED) is 0.553. The Hall–Kier alpha value is -3.42. The van der Waals surface area contributed by atoms with E-state index in [1.54, 1.807) is 54.6 Å². The molecule has 1 aromatic carbocycles. The van der Waals surface area contributed by atoms with Gasteiger partial charge in [-0.15, -0.1) is 0 Å². The molecule has 2 aliphatic heterocycles. The predicted molar refractivity (Wildman–Crippen MR) is 101 cm³/mol. The highest BCUT2D eigenvalue weighted by atomic mass is 16.5. The number of carbonyl (C=O) groups is 4. The molecule has 4 rings (SSSR count). The average Bonchev–Trinajstić information content (AvgIpc) is 3.23. The number of methoxy groups -OCH3 is 2. The second-order valence-corrected chi connectivity index (χ2v) is 7.19. The normalized spacial score (nSPS) is 27.8. The summed E-state index contributed by atoms with van der Waals surface area (Å²) in [6.07, 6.45) is 3.41. The van der Waals surface area contributed by atoms with E-state index in [1.165, 1.54) is 14.2 Å². The van der Waals surface area contributed by atoms with Crippen LogP contribution in [-0.4, -0.2) is 56.0 Å². The maximum atomic E-state index is 13.4. The molecule has 1 aliphatic carbocycles. The van der Waals surface area contributed by atoms with Crippen LogP contribution < -0.4 is 4.90 Å². The van der Waals surface area contributed by atoms with Gasteiger partial charge in [-0.1, -0.05) is 18.2 Å². The summed E-state index contributed by atoms with van der Waals surface area (Å²) in [5.74, 6) is -5.48. The van der Waals surface area contributed by atoms with Gasteiger partial charge in [-0.25, -0.2) is 9.69 Å². The molecule has 29 heavy (non-hydrogen) atoms. The van der Waals surface area contributed by atoms with Crippen LogP contribution in [0, 0.1) is 17.8 Å². The summed E-state index contributed by atoms with van der Waals surface area (Å²) >= 11 is 0. The number of esters is 2. The fourth-order valence-corrected chi connectivity index (χ4v) is 4.64. The van der Waals surface area contributed by atoms with Crippen molar-refractivity contribution in [1.29, 1.82) is 0 Å². The van der Waals surface area contributed by atoms with Crippen LogP contribution in [0.2, 0.25) is 0 Å². The van der Waals surface area contributed by atoms with Crippen molar-refractivity contribution in [3.63, 3.8) is 0 Å². The van der Waals surface area contributed by atoms with E-state index in [0.717, 1.165) is 4.90 Å². The third kappa shape index (κ3) is 2.59. The molecule has 0 aromatic heterocycles. The van der Waals surface area contributed by atoms with Crippen molar-refractivity contribution >= 4 is 29.4 Å². The van der Waals surface area contributed by atoms with Crippen molar-refractivity contribution in [2.45, 2.75) is 6.04 Å². The smallest absolute Gasteiger partial charge is 0.335 e. The predicted octanol–water partition coefficient (Wildman–Crippen LogP) is 0.892. The van der Waals surface area contributed by atoms with E-state index in [1.807, 2.05) is 0 Å². The summed E-state index contributed by atoms with van der Waals surface area (Å²) < 4.78 is 9.84. The first-order valence-electron chi connectivity index (χ1n) is 9.15. The molecular formula is C21H20N2O6. The number of imide groups is 1. The molecule has 8 heteroatoms. The van der Waals surface area contributed by atoms with Gasteiger partial charge in [-0.2, -0.15) is 0 Å². The van der Waals surface area contributed by atoms with Gasteiger partial charge in [-0.3, -0.25) is 14.4 Å². The van der Waals surface area contributed by atoms with Crippen molar-refractivity contribution in [2.75, 3.05) is 26.2 Å². The van der Waals surface area contributed by atoms with Gasteiger partial charge >= 0.3 is 11.9 Å². The van der Waals surface area contributed by atoms with Gasteiger partial charge in [0.2, 0.25) is 11.8 Å². The van der Waals surface area contributed by atoms with E-state index in [0.29, 0.717) is 11.3 Å². The number of anilines is 1. The zero-order valence-corrected chi connectivity index (χ0v) is 16.2. The zero-order valence-electron chi connectivity index (χ0n) is 16.2. The summed E-state index contributed by atoms with van der Waals surface area (Å²) in [5, 5.41) is 0. The maximum absolute atomic E-state index is 13.4. The highest BCUT2D eigenvalue weighted by Gasteiger charge is 2.63. The van der Waals surface area contributed by atoms with Crippen molar-refractivity contribution in [2.24, 2.45) is 17.8 Å². The lowest BCUT2D eigenvalue weighted by Crippen LogP contribution is -2.49. The number of rotatable bonds is 3. The van der Waals surface area contributed by atoms with Crippen molar-refractivity contribution < 1.29 is 28.7 Å². The number of hydrogen-bond acceptors (Lipinski definition) is 7. The number of likely N-dealkylation sites (N-methyl/N-ethyl adjacent to an activating group) is 1. The first kappa shape index (κ1) is 18.9. The molecule has 4 atom stereocenters. The van der Waals surface area contributed by atoms with Crippen LogP contribution in [0.1, 0.15) is 0 Å². The molecule has 1 aromatic rings. The monoisotopic (exact) mass is 396 g/mol. The van der Waals surface area contributed by atoms with Crippen LogP contribution in [0.25, 0.3) is 0 Å². The van der Waals surface area contributed by atoms with E-state index < -0.39 is 47.5 Å². The van der Waals surface area contributed by atoms with Gasteiger partial charge in [0.1, 0.15) is 5.92 Å². The lowest BCUT2D eigenvalue weighted by atomic mass is 9.67. The standard InChI is InChI=1S/C21H20N2O6/c1-22-10-9-12-13(20(26)28-2)15(21(27)29-3)14-16(17(12)22)19(25)23(18(14)24)11-7-5-4-6-8-11/h4-10,14-17H,1-3H3/t14-,15?,16-,17+/m0/s1. The Morgan fingerprint density at radius 3 is 2.24 bits per heavy atom. The van der Waals surface area contributed by atoms with Gasteiger partial charge in [0.05, 0.1) is 43.4 Å². The summed E-state index contributed by atoms with van der Waals surface area (Å²) in [7, 11) is 4.17. The van der Waals surface area contributed by atoms with Crippen LogP contribution in [0.5, 0.6) is 0 Å². The Morgan fingerprint density at radius 2 is 1.62 bits per heavy atom. The number of hydrogen-bond donors (Lipinski definition) is 0. The molecule has 2 amide bonds. The first-order chi connectivity index (χ1) is 13.9. The number of fused-ring (bicyclic) bond motifs is 3. The van der Waals surface area contributed by atoms with E-state index >= 15 is 0 Å². The minimum absolute atomic E-state index is 0.0715. The number of para-hydroxylation sites is 1. The summed E-state index contributed by atoms with van der Waals surface area (Å²) in [6.45, 7) is 0. The van der Waals surface area contributed by atoms with Gasteiger partial charge in [0.25, 0.3) is 0 Å². The van der Waals surface area contributed by atoms with Gasteiger partial charge < -0.3 is 14.4 Å². The third-order valence-electron chi connectivity index (χ3n) is 5.84. The number of amides is 2. The topological polar surface area (TPSA) is 93.2 Å². The van der Waals surface area contributed by atoms with Crippen molar-refractivity contribution in [1.82, 2.24) is 4.90 Å². The third-order valence-corrected chi connectivity index (χ3v) is 5.84.